The number of aromatic nitrogens is 2. The van der Waals surface area contributed by atoms with Gasteiger partial charge in [0.25, 0.3) is 0 Å². The number of anilines is 1. The number of nitrogens with zero attached hydrogens (tertiary/aromatic N) is 2. The minimum Gasteiger partial charge on any atom is -0.390 e. The molecule has 0 aliphatic heterocycles. The van der Waals surface area contributed by atoms with Crippen molar-refractivity contribution in [3.63, 3.8) is 0 Å². The first-order chi connectivity index (χ1) is 10.0. The van der Waals surface area contributed by atoms with E-state index < -0.39 is 0 Å². The SMILES string of the molecule is CCc1cc(-c2nc3cc(Cl)ccc3n2C(C)C)c(N)s1. The number of aryl methyl sites for hydroxylation is 1. The Bertz CT molecular complexity index is 801. The highest BCUT2D eigenvalue weighted by molar-refractivity contribution is 7.16. The lowest BCUT2D eigenvalue weighted by Crippen LogP contribution is -2.03. The van der Waals surface area contributed by atoms with Gasteiger partial charge in [-0.2, -0.15) is 0 Å². The van der Waals surface area contributed by atoms with Crippen molar-refractivity contribution in [3.8, 4) is 11.4 Å². The van der Waals surface area contributed by atoms with Crippen molar-refractivity contribution in [1.82, 2.24) is 9.55 Å². The molecule has 0 bridgehead atoms. The lowest BCUT2D eigenvalue weighted by Gasteiger charge is -2.12. The maximum absolute atomic E-state index is 6.21. The van der Waals surface area contributed by atoms with E-state index in [2.05, 4.69) is 31.4 Å². The number of thiophene rings is 1. The number of benzene rings is 1. The van der Waals surface area contributed by atoms with Gasteiger partial charge >= 0.3 is 0 Å². The van der Waals surface area contributed by atoms with Crippen LogP contribution in [0.2, 0.25) is 5.02 Å². The number of hydrogen-bond donors (Lipinski definition) is 1. The molecule has 0 unspecified atom stereocenters. The molecule has 0 saturated heterocycles. The van der Waals surface area contributed by atoms with Crippen LogP contribution in [0, 0.1) is 0 Å². The highest BCUT2D eigenvalue weighted by Crippen LogP contribution is 2.37. The molecule has 0 spiro atoms. The molecule has 5 heteroatoms. The molecule has 3 nitrogen and oxygen atoms in total. The van der Waals surface area contributed by atoms with Gasteiger partial charge < -0.3 is 10.3 Å². The molecule has 0 radical (unpaired) electrons. The van der Waals surface area contributed by atoms with Crippen LogP contribution >= 0.6 is 22.9 Å². The Morgan fingerprint density at radius 3 is 2.71 bits per heavy atom. The van der Waals surface area contributed by atoms with E-state index in [1.54, 1.807) is 11.3 Å². The second-order valence-corrected chi connectivity index (χ2v) is 6.98. The summed E-state index contributed by atoms with van der Waals surface area (Å²) in [7, 11) is 0. The fourth-order valence-electron chi connectivity index (χ4n) is 2.59. The molecular formula is C16H18ClN3S. The molecule has 110 valence electrons. The van der Waals surface area contributed by atoms with Crippen LogP contribution in [0.1, 0.15) is 31.7 Å². The van der Waals surface area contributed by atoms with E-state index in [4.69, 9.17) is 22.3 Å². The number of nitrogen functional groups attached to an aromatic ring is 1. The lowest BCUT2D eigenvalue weighted by molar-refractivity contribution is 0.624. The van der Waals surface area contributed by atoms with Crippen molar-refractivity contribution in [2.75, 3.05) is 5.73 Å². The molecule has 0 aliphatic rings. The van der Waals surface area contributed by atoms with Crippen LogP contribution < -0.4 is 5.73 Å². The van der Waals surface area contributed by atoms with Gasteiger partial charge in [-0.1, -0.05) is 18.5 Å². The van der Waals surface area contributed by atoms with Gasteiger partial charge in [-0.05, 0) is 44.5 Å². The second-order valence-electron chi connectivity index (χ2n) is 5.38. The molecule has 21 heavy (non-hydrogen) atoms. The summed E-state index contributed by atoms with van der Waals surface area (Å²) < 4.78 is 2.23. The molecule has 0 aliphatic carbocycles. The van der Waals surface area contributed by atoms with Gasteiger partial charge in [0.15, 0.2) is 0 Å². The molecule has 2 N–H and O–H groups in total. The summed E-state index contributed by atoms with van der Waals surface area (Å²) in [4.78, 5) is 6.06. The third kappa shape index (κ3) is 2.43. The van der Waals surface area contributed by atoms with Gasteiger partial charge in [-0.3, -0.25) is 0 Å². The van der Waals surface area contributed by atoms with Crippen LogP contribution in [0.4, 0.5) is 5.00 Å². The van der Waals surface area contributed by atoms with E-state index in [1.807, 2.05) is 18.2 Å². The van der Waals surface area contributed by atoms with E-state index in [1.165, 1.54) is 4.88 Å². The smallest absolute Gasteiger partial charge is 0.144 e. The minimum atomic E-state index is 0.301. The van der Waals surface area contributed by atoms with Gasteiger partial charge in [-0.15, -0.1) is 11.3 Å². The first-order valence-electron chi connectivity index (χ1n) is 7.07. The summed E-state index contributed by atoms with van der Waals surface area (Å²) in [6, 6.07) is 8.29. The summed E-state index contributed by atoms with van der Waals surface area (Å²) in [6.07, 6.45) is 0.989. The Hall–Kier alpha value is -1.52. The van der Waals surface area contributed by atoms with Gasteiger partial charge in [-0.25, -0.2) is 4.98 Å². The number of imidazole rings is 1. The Kier molecular flexibility index (Phi) is 3.68. The second kappa shape index (κ2) is 5.35. The summed E-state index contributed by atoms with van der Waals surface area (Å²) >= 11 is 7.73. The van der Waals surface area contributed by atoms with E-state index >= 15 is 0 Å². The van der Waals surface area contributed by atoms with Crippen molar-refractivity contribution < 1.29 is 0 Å². The van der Waals surface area contributed by atoms with E-state index in [9.17, 15) is 0 Å². The summed E-state index contributed by atoms with van der Waals surface area (Å²) in [6.45, 7) is 6.45. The van der Waals surface area contributed by atoms with Gasteiger partial charge in [0, 0.05) is 15.9 Å². The molecule has 2 heterocycles. The quantitative estimate of drug-likeness (QED) is 0.726. The van der Waals surface area contributed by atoms with Crippen molar-refractivity contribution in [2.45, 2.75) is 33.2 Å². The summed E-state index contributed by atoms with van der Waals surface area (Å²) in [5.41, 5.74) is 9.24. The Labute approximate surface area is 133 Å². The average molecular weight is 320 g/mol. The minimum absolute atomic E-state index is 0.301. The van der Waals surface area contributed by atoms with Crippen LogP contribution in [-0.2, 0) is 6.42 Å². The van der Waals surface area contributed by atoms with Crippen molar-refractivity contribution in [3.05, 3.63) is 34.2 Å². The maximum Gasteiger partial charge on any atom is 0.144 e. The van der Waals surface area contributed by atoms with Gasteiger partial charge in [0.1, 0.15) is 5.82 Å². The fraction of sp³-hybridized carbons (Fsp3) is 0.312. The molecule has 3 aromatic rings. The summed E-state index contributed by atoms with van der Waals surface area (Å²) in [5, 5.41) is 1.53. The Balaban J connectivity index is 2.30. The zero-order chi connectivity index (χ0) is 15.1. The number of hydrogen-bond acceptors (Lipinski definition) is 3. The molecule has 0 saturated carbocycles. The zero-order valence-electron chi connectivity index (χ0n) is 12.4. The number of halogens is 1. The first kappa shape index (κ1) is 14.4. The Morgan fingerprint density at radius 2 is 2.10 bits per heavy atom. The molecule has 0 atom stereocenters. The lowest BCUT2D eigenvalue weighted by atomic mass is 10.2. The third-order valence-corrected chi connectivity index (χ3v) is 4.91. The molecule has 0 amide bonds. The van der Waals surface area contributed by atoms with Crippen molar-refractivity contribution >= 4 is 39.0 Å². The largest absolute Gasteiger partial charge is 0.390 e. The first-order valence-corrected chi connectivity index (χ1v) is 8.26. The van der Waals surface area contributed by atoms with E-state index in [0.717, 1.165) is 33.8 Å². The fourth-order valence-corrected chi connectivity index (χ4v) is 3.62. The van der Waals surface area contributed by atoms with Crippen LogP contribution in [0.15, 0.2) is 24.3 Å². The standard InChI is InChI=1S/C16H18ClN3S/c1-4-11-8-12(15(18)21-11)16-19-13-7-10(17)5-6-14(13)20(16)9(2)3/h5-9H,4,18H2,1-3H3. The van der Waals surface area contributed by atoms with Gasteiger partial charge in [0.2, 0.25) is 0 Å². The highest BCUT2D eigenvalue weighted by atomic mass is 35.5. The third-order valence-electron chi connectivity index (χ3n) is 3.57. The number of fused-ring (bicyclic) bond motifs is 1. The topological polar surface area (TPSA) is 43.8 Å². The van der Waals surface area contributed by atoms with Crippen molar-refractivity contribution in [1.29, 1.82) is 0 Å². The average Bonchev–Trinajstić information content (AvgIpc) is 2.98. The van der Waals surface area contributed by atoms with Crippen LogP contribution in [0.5, 0.6) is 0 Å². The summed E-state index contributed by atoms with van der Waals surface area (Å²) in [5.74, 6) is 0.927. The van der Waals surface area contributed by atoms with E-state index in [0.29, 0.717) is 11.1 Å². The molecular weight excluding hydrogens is 302 g/mol. The van der Waals surface area contributed by atoms with Crippen molar-refractivity contribution in [2.24, 2.45) is 0 Å². The number of rotatable bonds is 3. The maximum atomic E-state index is 6.21. The molecule has 0 fully saturated rings. The normalized spacial score (nSPS) is 11.7. The van der Waals surface area contributed by atoms with E-state index in [-0.39, 0.29) is 0 Å². The molecule has 1 aromatic carbocycles. The zero-order valence-corrected chi connectivity index (χ0v) is 13.9. The van der Waals surface area contributed by atoms with Crippen LogP contribution in [0.3, 0.4) is 0 Å². The van der Waals surface area contributed by atoms with Gasteiger partial charge in [0.05, 0.1) is 21.6 Å². The Morgan fingerprint density at radius 1 is 1.33 bits per heavy atom. The predicted octanol–water partition coefficient (Wildman–Crippen LogP) is 5.14. The van der Waals surface area contributed by atoms with Crippen LogP contribution in [-0.4, -0.2) is 9.55 Å². The monoisotopic (exact) mass is 319 g/mol. The van der Waals surface area contributed by atoms with Crippen LogP contribution in [0.25, 0.3) is 22.4 Å². The highest BCUT2D eigenvalue weighted by Gasteiger charge is 2.18. The molecule has 2 aromatic heterocycles. The predicted molar refractivity (Wildman–Crippen MR) is 92.2 cm³/mol. The number of nitrogens with two attached hydrogens (primary N) is 1. The molecule has 3 rings (SSSR count).